The highest BCUT2D eigenvalue weighted by molar-refractivity contribution is 5.75. The Balaban J connectivity index is 1.81. The molecule has 0 aliphatic carbocycles. The highest BCUT2D eigenvalue weighted by Gasteiger charge is 2.18. The lowest BCUT2D eigenvalue weighted by atomic mass is 10.3. The van der Waals surface area contributed by atoms with Gasteiger partial charge >= 0.3 is 0 Å². The van der Waals surface area contributed by atoms with Crippen molar-refractivity contribution in [2.24, 2.45) is 0 Å². The number of fused-ring (bicyclic) bond motifs is 1. The zero-order valence-electron chi connectivity index (χ0n) is 14.0. The number of para-hydroxylation sites is 1. The molecule has 0 bridgehead atoms. The maximum atomic E-state index is 4.65. The summed E-state index contributed by atoms with van der Waals surface area (Å²) in [6.07, 6.45) is 3.47. The molecular weight excluding hydrogens is 314 g/mol. The van der Waals surface area contributed by atoms with E-state index in [-0.39, 0.29) is 0 Å². The van der Waals surface area contributed by atoms with Crippen molar-refractivity contribution in [2.45, 2.75) is 0 Å². The van der Waals surface area contributed by atoms with Gasteiger partial charge in [-0.2, -0.15) is 5.10 Å². The summed E-state index contributed by atoms with van der Waals surface area (Å²) in [4.78, 5) is 15.6. The zero-order valence-corrected chi connectivity index (χ0v) is 14.0. The summed E-state index contributed by atoms with van der Waals surface area (Å²) < 4.78 is 1.80. The van der Waals surface area contributed by atoms with E-state index in [4.69, 9.17) is 0 Å². The maximum Gasteiger partial charge on any atom is 0.227 e. The van der Waals surface area contributed by atoms with Crippen molar-refractivity contribution in [3.05, 3.63) is 60.9 Å². The number of aromatic nitrogens is 5. The van der Waals surface area contributed by atoms with Crippen molar-refractivity contribution in [1.82, 2.24) is 24.6 Å². The van der Waals surface area contributed by atoms with E-state index >= 15 is 0 Å². The van der Waals surface area contributed by atoms with Crippen LogP contribution in [0.15, 0.2) is 60.9 Å². The molecule has 0 aliphatic rings. The second-order valence-corrected chi connectivity index (χ2v) is 5.73. The highest BCUT2D eigenvalue weighted by atomic mass is 15.3. The molecule has 0 atom stereocenters. The van der Waals surface area contributed by atoms with Gasteiger partial charge in [0, 0.05) is 32.2 Å². The Morgan fingerprint density at radius 2 is 1.76 bits per heavy atom. The van der Waals surface area contributed by atoms with Crippen molar-refractivity contribution in [2.75, 3.05) is 24.3 Å². The van der Waals surface area contributed by atoms with Crippen molar-refractivity contribution >= 4 is 23.1 Å². The van der Waals surface area contributed by atoms with Crippen LogP contribution < -0.4 is 10.2 Å². The fourth-order valence-corrected chi connectivity index (χ4v) is 2.61. The second kappa shape index (κ2) is 6.20. The molecular formula is C18H17N7. The van der Waals surface area contributed by atoms with Gasteiger partial charge < -0.3 is 10.2 Å². The Kier molecular flexibility index (Phi) is 3.74. The average Bonchev–Trinajstić information content (AvgIpc) is 3.03. The van der Waals surface area contributed by atoms with Crippen LogP contribution in [-0.4, -0.2) is 38.7 Å². The third-order valence-corrected chi connectivity index (χ3v) is 3.73. The topological polar surface area (TPSA) is 71.2 Å². The summed E-state index contributed by atoms with van der Waals surface area (Å²) in [6.45, 7) is 0. The first-order valence-electron chi connectivity index (χ1n) is 7.89. The van der Waals surface area contributed by atoms with E-state index in [1.165, 1.54) is 0 Å². The molecule has 3 aromatic heterocycles. The van der Waals surface area contributed by atoms with Gasteiger partial charge in [-0.05, 0) is 30.3 Å². The van der Waals surface area contributed by atoms with Gasteiger partial charge in [-0.25, -0.2) is 19.5 Å². The van der Waals surface area contributed by atoms with Crippen LogP contribution in [-0.2, 0) is 0 Å². The van der Waals surface area contributed by atoms with Gasteiger partial charge in [0.1, 0.15) is 5.69 Å². The van der Waals surface area contributed by atoms with Crippen LogP contribution in [0.1, 0.15) is 0 Å². The molecule has 0 amide bonds. The molecule has 25 heavy (non-hydrogen) atoms. The van der Waals surface area contributed by atoms with Crippen molar-refractivity contribution in [3.63, 3.8) is 0 Å². The number of nitrogens with zero attached hydrogens (tertiary/aromatic N) is 6. The molecule has 7 nitrogen and oxygen atoms in total. The minimum Gasteiger partial charge on any atom is -0.361 e. The van der Waals surface area contributed by atoms with Crippen LogP contribution >= 0.6 is 0 Å². The van der Waals surface area contributed by atoms with Crippen LogP contribution in [0.2, 0.25) is 0 Å². The fourth-order valence-electron chi connectivity index (χ4n) is 2.61. The van der Waals surface area contributed by atoms with Gasteiger partial charge in [0.05, 0.1) is 5.69 Å². The van der Waals surface area contributed by atoms with E-state index in [0.29, 0.717) is 5.95 Å². The van der Waals surface area contributed by atoms with E-state index < -0.39 is 0 Å². The molecule has 124 valence electrons. The smallest absolute Gasteiger partial charge is 0.227 e. The number of rotatable bonds is 4. The maximum absolute atomic E-state index is 4.65. The molecule has 4 rings (SSSR count). The van der Waals surface area contributed by atoms with Crippen LogP contribution in [0.3, 0.4) is 0 Å². The summed E-state index contributed by atoms with van der Waals surface area (Å²) >= 11 is 0. The number of nitrogens with one attached hydrogen (secondary N) is 1. The minimum atomic E-state index is 0.527. The van der Waals surface area contributed by atoms with E-state index in [0.717, 1.165) is 28.5 Å². The predicted octanol–water partition coefficient (Wildman–Crippen LogP) is 3.00. The van der Waals surface area contributed by atoms with E-state index in [1.54, 1.807) is 16.9 Å². The second-order valence-electron chi connectivity index (χ2n) is 5.73. The van der Waals surface area contributed by atoms with E-state index in [1.807, 2.05) is 67.5 Å². The van der Waals surface area contributed by atoms with Crippen molar-refractivity contribution in [3.8, 4) is 11.4 Å². The molecule has 0 spiro atoms. The van der Waals surface area contributed by atoms with Crippen molar-refractivity contribution in [1.29, 1.82) is 0 Å². The van der Waals surface area contributed by atoms with Gasteiger partial charge in [-0.3, -0.25) is 0 Å². The van der Waals surface area contributed by atoms with Crippen molar-refractivity contribution < 1.29 is 0 Å². The zero-order chi connectivity index (χ0) is 17.2. The molecule has 0 aliphatic heterocycles. The van der Waals surface area contributed by atoms with E-state index in [9.17, 15) is 0 Å². The quantitative estimate of drug-likeness (QED) is 0.620. The molecule has 7 heteroatoms. The Labute approximate surface area is 145 Å². The Morgan fingerprint density at radius 3 is 2.56 bits per heavy atom. The lowest BCUT2D eigenvalue weighted by Crippen LogP contribution is -2.11. The molecule has 1 aromatic carbocycles. The first-order valence-corrected chi connectivity index (χ1v) is 7.89. The van der Waals surface area contributed by atoms with Crippen LogP contribution in [0.4, 0.5) is 17.5 Å². The number of hydrogen-bond donors (Lipinski definition) is 1. The molecule has 0 radical (unpaired) electrons. The standard InChI is InChI=1S/C18H17N7/c1-24(2)17-16(25-15(23-17)9-6-11-20-25)14-10-12-19-18(22-14)21-13-7-4-3-5-8-13/h3-12H,1-2H3,(H,19,21,22). The lowest BCUT2D eigenvalue weighted by molar-refractivity contribution is 0.935. The molecule has 4 aromatic rings. The SMILES string of the molecule is CN(C)c1nc2cccnn2c1-c1ccnc(Nc2ccccc2)n1. The highest BCUT2D eigenvalue weighted by Crippen LogP contribution is 2.29. The van der Waals surface area contributed by atoms with Crippen LogP contribution in [0.5, 0.6) is 0 Å². The predicted molar refractivity (Wildman–Crippen MR) is 98.1 cm³/mol. The van der Waals surface area contributed by atoms with Gasteiger partial charge in [-0.1, -0.05) is 18.2 Å². The monoisotopic (exact) mass is 331 g/mol. The van der Waals surface area contributed by atoms with E-state index in [2.05, 4.69) is 25.4 Å². The van der Waals surface area contributed by atoms with Crippen LogP contribution in [0.25, 0.3) is 17.0 Å². The average molecular weight is 331 g/mol. The summed E-state index contributed by atoms with van der Waals surface area (Å²) in [7, 11) is 3.91. The number of imidazole rings is 1. The molecule has 0 saturated heterocycles. The van der Waals surface area contributed by atoms with Gasteiger partial charge in [-0.15, -0.1) is 0 Å². The molecule has 1 N–H and O–H groups in total. The fraction of sp³-hybridized carbons (Fsp3) is 0.111. The summed E-state index contributed by atoms with van der Waals surface area (Å²) in [5.41, 5.74) is 3.29. The Morgan fingerprint density at radius 1 is 0.920 bits per heavy atom. The first kappa shape index (κ1) is 15.1. The largest absolute Gasteiger partial charge is 0.361 e. The molecule has 3 heterocycles. The van der Waals surface area contributed by atoms with Gasteiger partial charge in [0.2, 0.25) is 5.95 Å². The van der Waals surface area contributed by atoms with Gasteiger partial charge in [0.25, 0.3) is 0 Å². The summed E-state index contributed by atoms with van der Waals surface area (Å²) in [5.74, 6) is 1.34. The summed E-state index contributed by atoms with van der Waals surface area (Å²) in [6, 6.07) is 15.5. The summed E-state index contributed by atoms with van der Waals surface area (Å²) in [5, 5.41) is 7.64. The number of hydrogen-bond acceptors (Lipinski definition) is 6. The van der Waals surface area contributed by atoms with Crippen LogP contribution in [0, 0.1) is 0 Å². The Hall–Kier alpha value is -3.48. The molecule has 0 saturated carbocycles. The number of benzene rings is 1. The Bertz CT molecular complexity index is 1010. The number of anilines is 3. The van der Waals surface area contributed by atoms with Gasteiger partial charge in [0.15, 0.2) is 11.5 Å². The minimum absolute atomic E-state index is 0.527. The normalized spacial score (nSPS) is 10.8. The first-order chi connectivity index (χ1) is 12.2. The lowest BCUT2D eigenvalue weighted by Gasteiger charge is -2.12. The molecule has 0 unspecified atom stereocenters. The third-order valence-electron chi connectivity index (χ3n) is 3.73. The molecule has 0 fully saturated rings. The third kappa shape index (κ3) is 2.87.